The summed E-state index contributed by atoms with van der Waals surface area (Å²) in [5.74, 6) is -0.218. The van der Waals surface area contributed by atoms with E-state index in [1.54, 1.807) is 11.3 Å². The first-order valence-electron chi connectivity index (χ1n) is 9.31. The van der Waals surface area contributed by atoms with Gasteiger partial charge in [0.25, 0.3) is 0 Å². The predicted octanol–water partition coefficient (Wildman–Crippen LogP) is 3.89. The van der Waals surface area contributed by atoms with Gasteiger partial charge in [0.2, 0.25) is 0 Å². The van der Waals surface area contributed by atoms with E-state index in [4.69, 9.17) is 0 Å². The number of thiazole rings is 1. The van der Waals surface area contributed by atoms with E-state index in [9.17, 15) is 9.50 Å². The lowest BCUT2D eigenvalue weighted by Gasteiger charge is -2.42. The molecule has 6 heteroatoms. The predicted molar refractivity (Wildman–Crippen MR) is 106 cm³/mol. The summed E-state index contributed by atoms with van der Waals surface area (Å²) in [6, 6.07) is 10.9. The molecule has 0 saturated carbocycles. The average molecular weight is 386 g/mol. The Kier molecular flexibility index (Phi) is 5.38. The molecule has 1 saturated heterocycles. The smallest absolute Gasteiger partial charge is 0.193 e. The third-order valence-corrected chi connectivity index (χ3v) is 6.18. The van der Waals surface area contributed by atoms with Gasteiger partial charge in [-0.05, 0) is 55.6 Å². The minimum atomic E-state index is -0.218. The second kappa shape index (κ2) is 7.92. The molecule has 0 amide bonds. The number of piperidine rings is 1. The van der Waals surface area contributed by atoms with Crippen molar-refractivity contribution in [1.82, 2.24) is 14.5 Å². The molecular weight excluding hydrogens is 361 g/mol. The molecule has 27 heavy (non-hydrogen) atoms. The number of hydrogen-bond donors (Lipinski definition) is 1. The summed E-state index contributed by atoms with van der Waals surface area (Å²) in [5.41, 5.74) is 2.12. The molecule has 1 aliphatic heterocycles. The van der Waals surface area contributed by atoms with Crippen molar-refractivity contribution in [3.8, 4) is 5.13 Å². The van der Waals surface area contributed by atoms with Crippen LogP contribution in [0.4, 0.5) is 4.39 Å². The number of hydrogen-bond acceptors (Lipinski definition) is 4. The van der Waals surface area contributed by atoms with Gasteiger partial charge in [-0.3, -0.25) is 9.47 Å². The van der Waals surface area contributed by atoms with Crippen LogP contribution in [-0.4, -0.2) is 39.3 Å². The van der Waals surface area contributed by atoms with E-state index in [1.807, 2.05) is 23.7 Å². The Bertz CT molecular complexity index is 862. The second-order valence-corrected chi connectivity index (χ2v) is 8.33. The van der Waals surface area contributed by atoms with Gasteiger partial charge < -0.3 is 5.11 Å². The number of benzene rings is 1. The average Bonchev–Trinajstić information content (AvgIpc) is 3.35. The molecule has 0 bridgehead atoms. The molecule has 0 spiro atoms. The van der Waals surface area contributed by atoms with Crippen LogP contribution in [0.3, 0.4) is 0 Å². The molecule has 2 aromatic heterocycles. The third kappa shape index (κ3) is 4.13. The molecule has 1 aliphatic rings. The summed E-state index contributed by atoms with van der Waals surface area (Å²) in [7, 11) is 0. The number of rotatable bonds is 6. The lowest BCUT2D eigenvalue weighted by molar-refractivity contribution is 0.0281. The van der Waals surface area contributed by atoms with E-state index in [2.05, 4.69) is 32.8 Å². The molecule has 142 valence electrons. The van der Waals surface area contributed by atoms with Crippen LogP contribution in [-0.2, 0) is 13.0 Å². The second-order valence-electron chi connectivity index (χ2n) is 7.46. The number of aliphatic hydroxyl groups excluding tert-OH is 1. The summed E-state index contributed by atoms with van der Waals surface area (Å²) in [6.07, 6.45) is 6.69. The van der Waals surface area contributed by atoms with E-state index in [1.165, 1.54) is 17.8 Å². The summed E-state index contributed by atoms with van der Waals surface area (Å²) in [4.78, 5) is 6.83. The van der Waals surface area contributed by atoms with Crippen LogP contribution in [0.15, 0.2) is 54.2 Å². The highest BCUT2D eigenvalue weighted by Gasteiger charge is 2.35. The Labute approximate surface area is 162 Å². The van der Waals surface area contributed by atoms with Crippen molar-refractivity contribution in [3.63, 3.8) is 0 Å². The molecule has 0 aliphatic carbocycles. The van der Waals surface area contributed by atoms with E-state index in [-0.39, 0.29) is 17.8 Å². The first-order valence-corrected chi connectivity index (χ1v) is 10.2. The fraction of sp³-hybridized carbons (Fsp3) is 0.381. The zero-order valence-electron chi connectivity index (χ0n) is 15.2. The Hall–Kier alpha value is -2.02. The highest BCUT2D eigenvalue weighted by Crippen LogP contribution is 2.34. The molecule has 3 aromatic rings. The van der Waals surface area contributed by atoms with Crippen molar-refractivity contribution in [3.05, 3.63) is 71.2 Å². The SMILES string of the molecule is OCC1(Cc2ccc(F)cc2)CCCN(Cc2cccn2-c2nccs2)C1. The lowest BCUT2D eigenvalue weighted by Crippen LogP contribution is -2.46. The fourth-order valence-electron chi connectivity index (χ4n) is 4.11. The van der Waals surface area contributed by atoms with Crippen molar-refractivity contribution in [2.24, 2.45) is 5.41 Å². The minimum absolute atomic E-state index is 0.147. The standard InChI is InChI=1S/C21H24FN3OS/c22-18-6-4-17(5-7-18)13-21(16-26)8-2-10-24(15-21)14-19-3-1-11-25(19)20-23-9-12-27-20/h1,3-7,9,11-12,26H,2,8,10,13-16H2. The molecule has 1 fully saturated rings. The van der Waals surface area contributed by atoms with Crippen molar-refractivity contribution >= 4 is 11.3 Å². The van der Waals surface area contributed by atoms with Gasteiger partial charge in [-0.15, -0.1) is 11.3 Å². The van der Waals surface area contributed by atoms with Crippen molar-refractivity contribution in [1.29, 1.82) is 0 Å². The van der Waals surface area contributed by atoms with Crippen LogP contribution in [0.25, 0.3) is 5.13 Å². The molecular formula is C21H24FN3OS. The van der Waals surface area contributed by atoms with Gasteiger partial charge in [0.05, 0.1) is 6.61 Å². The summed E-state index contributed by atoms with van der Waals surface area (Å²) < 4.78 is 15.3. The summed E-state index contributed by atoms with van der Waals surface area (Å²) in [6.45, 7) is 2.84. The summed E-state index contributed by atoms with van der Waals surface area (Å²) >= 11 is 1.63. The van der Waals surface area contributed by atoms with Crippen molar-refractivity contribution in [2.75, 3.05) is 19.7 Å². The van der Waals surface area contributed by atoms with Crippen molar-refractivity contribution < 1.29 is 9.50 Å². The third-order valence-electron chi connectivity index (χ3n) is 5.41. The van der Waals surface area contributed by atoms with Crippen LogP contribution in [0.1, 0.15) is 24.1 Å². The molecule has 1 unspecified atom stereocenters. The number of nitrogens with zero attached hydrogens (tertiary/aromatic N) is 3. The molecule has 1 atom stereocenters. The molecule has 3 heterocycles. The number of likely N-dealkylation sites (tertiary alicyclic amines) is 1. The molecule has 4 rings (SSSR count). The Morgan fingerprint density at radius 1 is 1.22 bits per heavy atom. The van der Waals surface area contributed by atoms with Gasteiger partial charge in [-0.25, -0.2) is 9.37 Å². The van der Waals surface area contributed by atoms with Gasteiger partial charge in [-0.2, -0.15) is 0 Å². The number of halogens is 1. The van der Waals surface area contributed by atoms with Crippen LogP contribution in [0, 0.1) is 11.2 Å². The first-order chi connectivity index (χ1) is 13.2. The monoisotopic (exact) mass is 385 g/mol. The fourth-order valence-corrected chi connectivity index (χ4v) is 4.76. The Morgan fingerprint density at radius 2 is 2.07 bits per heavy atom. The largest absolute Gasteiger partial charge is 0.396 e. The number of aliphatic hydroxyl groups is 1. The maximum Gasteiger partial charge on any atom is 0.193 e. The molecule has 1 aromatic carbocycles. The van der Waals surface area contributed by atoms with Crippen LogP contribution < -0.4 is 0 Å². The minimum Gasteiger partial charge on any atom is -0.396 e. The van der Waals surface area contributed by atoms with Crippen LogP contribution in [0.2, 0.25) is 0 Å². The van der Waals surface area contributed by atoms with E-state index in [0.717, 1.165) is 49.6 Å². The normalized spacial score (nSPS) is 20.8. The summed E-state index contributed by atoms with van der Waals surface area (Å²) in [5, 5.41) is 13.2. The van der Waals surface area contributed by atoms with E-state index >= 15 is 0 Å². The Balaban J connectivity index is 1.49. The van der Waals surface area contributed by atoms with Gasteiger partial charge in [-0.1, -0.05) is 12.1 Å². The van der Waals surface area contributed by atoms with Crippen molar-refractivity contribution in [2.45, 2.75) is 25.8 Å². The quantitative estimate of drug-likeness (QED) is 0.700. The van der Waals surface area contributed by atoms with Crippen LogP contribution >= 0.6 is 11.3 Å². The maximum absolute atomic E-state index is 13.2. The molecule has 0 radical (unpaired) electrons. The molecule has 1 N–H and O–H groups in total. The van der Waals surface area contributed by atoms with Crippen LogP contribution in [0.5, 0.6) is 0 Å². The first kappa shape index (κ1) is 18.3. The van der Waals surface area contributed by atoms with Gasteiger partial charge in [0, 0.05) is 42.0 Å². The highest BCUT2D eigenvalue weighted by atomic mass is 32.1. The molecule has 4 nitrogen and oxygen atoms in total. The zero-order chi connectivity index (χ0) is 18.7. The zero-order valence-corrected chi connectivity index (χ0v) is 16.0. The topological polar surface area (TPSA) is 41.3 Å². The van der Waals surface area contributed by atoms with Gasteiger partial charge in [0.1, 0.15) is 5.82 Å². The number of aromatic nitrogens is 2. The van der Waals surface area contributed by atoms with E-state index in [0.29, 0.717) is 0 Å². The van der Waals surface area contributed by atoms with Gasteiger partial charge in [0.15, 0.2) is 5.13 Å². The lowest BCUT2D eigenvalue weighted by atomic mass is 9.75. The maximum atomic E-state index is 13.2. The Morgan fingerprint density at radius 3 is 2.81 bits per heavy atom. The highest BCUT2D eigenvalue weighted by molar-refractivity contribution is 7.12. The van der Waals surface area contributed by atoms with E-state index < -0.39 is 0 Å². The van der Waals surface area contributed by atoms with Gasteiger partial charge >= 0.3 is 0 Å².